The highest BCUT2D eigenvalue weighted by atomic mass is 16.5. The van der Waals surface area contributed by atoms with Gasteiger partial charge in [-0.25, -0.2) is 19.4 Å². The Morgan fingerprint density at radius 2 is 1.81 bits per heavy atom. The standard InChI is InChI=1S/C26H36N4O6/c1-5-7-9-23-27-16-21(30(23)17-19-10-12-20(13-11-19)25(33)36-4)15-22(24(31)32)29(14-8-6-2)26(34)28-18-35-3/h10-13,15-16H,5-9,14,17-18H2,1-4H3,(H,28,34)(H,31,32). The number of esters is 1. The molecule has 1 heterocycles. The molecule has 196 valence electrons. The summed E-state index contributed by atoms with van der Waals surface area (Å²) >= 11 is 0. The molecule has 0 fully saturated rings. The highest BCUT2D eigenvalue weighted by Gasteiger charge is 2.24. The van der Waals surface area contributed by atoms with E-state index in [9.17, 15) is 19.5 Å². The third kappa shape index (κ3) is 7.94. The molecule has 0 aliphatic carbocycles. The zero-order valence-electron chi connectivity index (χ0n) is 21.5. The molecule has 1 aromatic carbocycles. The van der Waals surface area contributed by atoms with Crippen LogP contribution in [0, 0.1) is 0 Å². The fourth-order valence-electron chi connectivity index (χ4n) is 3.58. The van der Waals surface area contributed by atoms with Crippen molar-refractivity contribution in [2.45, 2.75) is 52.5 Å². The molecule has 36 heavy (non-hydrogen) atoms. The van der Waals surface area contributed by atoms with E-state index in [-0.39, 0.29) is 19.0 Å². The number of ether oxygens (including phenoxy) is 2. The van der Waals surface area contributed by atoms with Gasteiger partial charge in [0.25, 0.3) is 0 Å². The van der Waals surface area contributed by atoms with E-state index < -0.39 is 18.0 Å². The lowest BCUT2D eigenvalue weighted by molar-refractivity contribution is -0.134. The first-order chi connectivity index (χ1) is 17.4. The van der Waals surface area contributed by atoms with E-state index in [4.69, 9.17) is 9.47 Å². The number of imidazole rings is 1. The van der Waals surface area contributed by atoms with Crippen molar-refractivity contribution in [3.8, 4) is 0 Å². The molecule has 0 aliphatic heterocycles. The number of methoxy groups -OCH3 is 2. The van der Waals surface area contributed by atoms with Crippen molar-refractivity contribution in [2.24, 2.45) is 0 Å². The van der Waals surface area contributed by atoms with Crippen molar-refractivity contribution in [1.82, 2.24) is 19.8 Å². The highest BCUT2D eigenvalue weighted by Crippen LogP contribution is 2.19. The highest BCUT2D eigenvalue weighted by molar-refractivity contribution is 5.96. The maximum Gasteiger partial charge on any atom is 0.352 e. The van der Waals surface area contributed by atoms with Gasteiger partial charge in [0, 0.05) is 26.6 Å². The molecule has 0 aliphatic rings. The number of nitrogens with zero attached hydrogens (tertiary/aromatic N) is 3. The van der Waals surface area contributed by atoms with Gasteiger partial charge in [-0.2, -0.15) is 0 Å². The van der Waals surface area contributed by atoms with E-state index >= 15 is 0 Å². The summed E-state index contributed by atoms with van der Waals surface area (Å²) in [6, 6.07) is 6.48. The van der Waals surface area contributed by atoms with Crippen molar-refractivity contribution in [3.63, 3.8) is 0 Å². The van der Waals surface area contributed by atoms with Crippen molar-refractivity contribution in [3.05, 3.63) is 58.8 Å². The Morgan fingerprint density at radius 1 is 1.11 bits per heavy atom. The third-order valence-corrected chi connectivity index (χ3v) is 5.58. The van der Waals surface area contributed by atoms with Crippen LogP contribution in [0.5, 0.6) is 0 Å². The van der Waals surface area contributed by atoms with Crippen LogP contribution in [0.3, 0.4) is 0 Å². The van der Waals surface area contributed by atoms with Gasteiger partial charge < -0.3 is 24.5 Å². The lowest BCUT2D eigenvalue weighted by atomic mass is 10.1. The van der Waals surface area contributed by atoms with E-state index in [1.54, 1.807) is 18.3 Å². The van der Waals surface area contributed by atoms with E-state index in [0.717, 1.165) is 37.1 Å². The Kier molecular flexibility index (Phi) is 11.6. The molecule has 0 radical (unpaired) electrons. The first-order valence-electron chi connectivity index (χ1n) is 12.1. The van der Waals surface area contributed by atoms with Crippen LogP contribution in [-0.2, 0) is 27.2 Å². The van der Waals surface area contributed by atoms with Gasteiger partial charge >= 0.3 is 18.0 Å². The van der Waals surface area contributed by atoms with E-state index in [2.05, 4.69) is 17.2 Å². The molecule has 0 saturated carbocycles. The number of rotatable bonds is 14. The molecule has 2 aromatic rings. The zero-order chi connectivity index (χ0) is 26.5. The summed E-state index contributed by atoms with van der Waals surface area (Å²) in [5, 5.41) is 12.6. The topological polar surface area (TPSA) is 123 Å². The first kappa shape index (κ1) is 28.6. The monoisotopic (exact) mass is 500 g/mol. The third-order valence-electron chi connectivity index (χ3n) is 5.58. The second-order valence-electron chi connectivity index (χ2n) is 8.23. The molecule has 0 unspecified atom stereocenters. The predicted molar refractivity (Wildman–Crippen MR) is 135 cm³/mol. The molecule has 2 amide bonds. The Balaban J connectivity index is 2.48. The van der Waals surface area contributed by atoms with Crippen molar-refractivity contribution >= 4 is 24.0 Å². The van der Waals surface area contributed by atoms with Crippen LogP contribution in [0.15, 0.2) is 36.2 Å². The number of urea groups is 1. The predicted octanol–water partition coefficient (Wildman–Crippen LogP) is 3.90. The number of hydrogen-bond donors (Lipinski definition) is 2. The average Bonchev–Trinajstić information content (AvgIpc) is 3.26. The molecular formula is C26H36N4O6. The molecule has 1 aromatic heterocycles. The minimum absolute atomic E-state index is 0.0327. The van der Waals surface area contributed by atoms with Crippen LogP contribution >= 0.6 is 0 Å². The minimum Gasteiger partial charge on any atom is -0.477 e. The smallest absolute Gasteiger partial charge is 0.352 e. The molecule has 0 saturated heterocycles. The van der Waals surface area contributed by atoms with Gasteiger partial charge in [0.2, 0.25) is 0 Å². The van der Waals surface area contributed by atoms with E-state index in [0.29, 0.717) is 24.2 Å². The number of amides is 2. The minimum atomic E-state index is -1.22. The van der Waals surface area contributed by atoms with Crippen LogP contribution in [0.25, 0.3) is 6.08 Å². The number of aryl methyl sites for hydroxylation is 1. The summed E-state index contributed by atoms with van der Waals surface area (Å²) in [6.45, 7) is 4.69. The van der Waals surface area contributed by atoms with Gasteiger partial charge in [-0.15, -0.1) is 0 Å². The lowest BCUT2D eigenvalue weighted by Crippen LogP contribution is -2.42. The number of aromatic nitrogens is 2. The number of benzene rings is 1. The van der Waals surface area contributed by atoms with Crippen LogP contribution in [0.4, 0.5) is 4.79 Å². The largest absolute Gasteiger partial charge is 0.477 e. The number of unbranched alkanes of at least 4 members (excludes halogenated alkanes) is 2. The summed E-state index contributed by atoms with van der Waals surface area (Å²) in [6.07, 6.45) is 7.17. The summed E-state index contributed by atoms with van der Waals surface area (Å²) in [5.41, 5.74) is 1.77. The first-order valence-corrected chi connectivity index (χ1v) is 12.1. The summed E-state index contributed by atoms with van der Waals surface area (Å²) in [7, 11) is 2.78. The summed E-state index contributed by atoms with van der Waals surface area (Å²) < 4.78 is 11.6. The van der Waals surface area contributed by atoms with Crippen molar-refractivity contribution < 1.29 is 29.0 Å². The number of aliphatic carboxylic acids is 1. The van der Waals surface area contributed by atoms with Crippen molar-refractivity contribution in [2.75, 3.05) is 27.5 Å². The molecule has 10 nitrogen and oxygen atoms in total. The fraction of sp³-hybridized carbons (Fsp3) is 0.462. The molecule has 2 rings (SSSR count). The molecular weight excluding hydrogens is 464 g/mol. The van der Waals surface area contributed by atoms with Gasteiger partial charge in [0.15, 0.2) is 0 Å². The molecule has 0 atom stereocenters. The SMILES string of the molecule is CCCCc1ncc(C=C(C(=O)O)N(CCCC)C(=O)NCOC)n1Cc1ccc(C(=O)OC)cc1. The fourth-order valence-corrected chi connectivity index (χ4v) is 3.58. The van der Waals surface area contributed by atoms with Gasteiger partial charge in [-0.1, -0.05) is 38.8 Å². The second-order valence-corrected chi connectivity index (χ2v) is 8.23. The van der Waals surface area contributed by atoms with Gasteiger partial charge in [0.1, 0.15) is 18.3 Å². The zero-order valence-corrected chi connectivity index (χ0v) is 21.5. The Morgan fingerprint density at radius 3 is 2.39 bits per heavy atom. The molecule has 0 bridgehead atoms. The Hall–Kier alpha value is -3.66. The molecule has 0 spiro atoms. The quantitative estimate of drug-likeness (QED) is 0.229. The number of nitrogens with one attached hydrogen (secondary N) is 1. The van der Waals surface area contributed by atoms with Crippen molar-refractivity contribution in [1.29, 1.82) is 0 Å². The number of carbonyl (C=O) groups is 3. The maximum absolute atomic E-state index is 12.7. The lowest BCUT2D eigenvalue weighted by Gasteiger charge is -2.23. The van der Waals surface area contributed by atoms with E-state index in [1.807, 2.05) is 23.6 Å². The molecule has 10 heteroatoms. The number of hydrogen-bond acceptors (Lipinski definition) is 6. The Bertz CT molecular complexity index is 1050. The number of carbonyl (C=O) groups excluding carboxylic acids is 2. The summed E-state index contributed by atoms with van der Waals surface area (Å²) in [4.78, 5) is 42.6. The summed E-state index contributed by atoms with van der Waals surface area (Å²) in [5.74, 6) is -0.820. The van der Waals surface area contributed by atoms with E-state index in [1.165, 1.54) is 25.2 Å². The van der Waals surface area contributed by atoms with Gasteiger partial charge in [0.05, 0.1) is 24.6 Å². The van der Waals surface area contributed by atoms with Crippen LogP contribution in [0.1, 0.15) is 67.0 Å². The van der Waals surface area contributed by atoms with Crippen LogP contribution in [-0.4, -0.2) is 65.0 Å². The second kappa shape index (κ2) is 14.7. The molecule has 2 N–H and O–H groups in total. The maximum atomic E-state index is 12.7. The normalized spacial score (nSPS) is 11.3. The Labute approximate surface area is 211 Å². The van der Waals surface area contributed by atoms with Crippen LogP contribution < -0.4 is 5.32 Å². The number of carboxylic acid groups (broad SMARTS) is 1. The number of carboxylic acids is 1. The van der Waals surface area contributed by atoms with Gasteiger partial charge in [-0.05, 0) is 36.6 Å². The van der Waals surface area contributed by atoms with Gasteiger partial charge in [-0.3, -0.25) is 4.90 Å². The van der Waals surface area contributed by atoms with Crippen LogP contribution in [0.2, 0.25) is 0 Å². The average molecular weight is 501 g/mol.